The van der Waals surface area contributed by atoms with E-state index >= 15 is 0 Å². The number of unbranched alkanes of at least 4 members (excludes halogenated alkanes) is 2. The average Bonchev–Trinajstić information content (AvgIpc) is 2.16. The Balaban J connectivity index is 3.44. The fourth-order valence-corrected chi connectivity index (χ4v) is 1.49. The van der Waals surface area contributed by atoms with Crippen molar-refractivity contribution in [2.75, 3.05) is 7.11 Å². The smallest absolute Gasteiger partial charge is 0.223 e. The van der Waals surface area contributed by atoms with Gasteiger partial charge in [0.25, 0.3) is 0 Å². The standard InChI is InChI=1S/C11H21BrO3/c1-9(2)10(13)7-5-4-6-8-11(12,14)15-3/h10,13-14H,1,4-8H2,2-3H3. The number of aliphatic hydroxyl groups is 2. The van der Waals surface area contributed by atoms with Crippen molar-refractivity contribution in [3.63, 3.8) is 0 Å². The van der Waals surface area contributed by atoms with E-state index in [4.69, 9.17) is 4.74 Å². The Hall–Kier alpha value is 0.100. The molecule has 0 radical (unpaired) electrons. The first kappa shape index (κ1) is 15.1. The lowest BCUT2D eigenvalue weighted by Gasteiger charge is -2.18. The monoisotopic (exact) mass is 280 g/mol. The number of hydrogen-bond acceptors (Lipinski definition) is 3. The Morgan fingerprint density at radius 2 is 2.07 bits per heavy atom. The quantitative estimate of drug-likeness (QED) is 0.311. The van der Waals surface area contributed by atoms with E-state index < -0.39 is 10.8 Å². The third kappa shape index (κ3) is 7.96. The Labute approximate surface area is 100 Å². The van der Waals surface area contributed by atoms with Gasteiger partial charge in [-0.25, -0.2) is 0 Å². The molecule has 0 heterocycles. The first-order valence-corrected chi connectivity index (χ1v) is 5.98. The topological polar surface area (TPSA) is 49.7 Å². The number of alkyl halides is 1. The van der Waals surface area contributed by atoms with Gasteiger partial charge in [-0.15, -0.1) is 0 Å². The number of hydrogen-bond donors (Lipinski definition) is 2. The molecule has 0 saturated carbocycles. The van der Waals surface area contributed by atoms with E-state index in [1.165, 1.54) is 7.11 Å². The van der Waals surface area contributed by atoms with Gasteiger partial charge in [0.2, 0.25) is 4.70 Å². The first-order chi connectivity index (χ1) is 6.89. The highest BCUT2D eigenvalue weighted by atomic mass is 79.9. The van der Waals surface area contributed by atoms with Crippen LogP contribution in [0.1, 0.15) is 39.0 Å². The molecule has 2 atom stereocenters. The van der Waals surface area contributed by atoms with Gasteiger partial charge in [-0.2, -0.15) is 0 Å². The van der Waals surface area contributed by atoms with Crippen LogP contribution in [0.15, 0.2) is 12.2 Å². The largest absolute Gasteiger partial charge is 0.389 e. The van der Waals surface area contributed by atoms with E-state index in [0.29, 0.717) is 6.42 Å². The van der Waals surface area contributed by atoms with Gasteiger partial charge in [0.1, 0.15) is 0 Å². The third-order valence-electron chi connectivity index (χ3n) is 2.34. The van der Waals surface area contributed by atoms with Crippen LogP contribution in [0.3, 0.4) is 0 Å². The van der Waals surface area contributed by atoms with E-state index in [9.17, 15) is 10.2 Å². The molecule has 90 valence electrons. The van der Waals surface area contributed by atoms with Crippen LogP contribution in [0, 0.1) is 0 Å². The minimum Gasteiger partial charge on any atom is -0.389 e. The zero-order chi connectivity index (χ0) is 11.9. The first-order valence-electron chi connectivity index (χ1n) is 5.19. The summed E-state index contributed by atoms with van der Waals surface area (Å²) < 4.78 is 3.62. The normalized spacial score (nSPS) is 17.1. The van der Waals surface area contributed by atoms with Crippen molar-refractivity contribution in [3.8, 4) is 0 Å². The minimum atomic E-state index is -1.19. The van der Waals surface area contributed by atoms with Gasteiger partial charge in [0.15, 0.2) is 0 Å². The minimum absolute atomic E-state index is 0.393. The average molecular weight is 281 g/mol. The van der Waals surface area contributed by atoms with E-state index in [2.05, 4.69) is 22.5 Å². The Bertz CT molecular complexity index is 192. The summed E-state index contributed by atoms with van der Waals surface area (Å²) >= 11 is 3.06. The molecule has 0 aromatic heterocycles. The predicted octanol–water partition coefficient (Wildman–Crippen LogP) is 2.56. The van der Waals surface area contributed by atoms with Crippen LogP contribution in [0.25, 0.3) is 0 Å². The van der Waals surface area contributed by atoms with Crippen molar-refractivity contribution in [1.29, 1.82) is 0 Å². The Morgan fingerprint density at radius 1 is 1.47 bits per heavy atom. The summed E-state index contributed by atoms with van der Waals surface area (Å²) in [4.78, 5) is 0. The molecule has 0 aliphatic rings. The van der Waals surface area contributed by atoms with Gasteiger partial charge in [-0.1, -0.05) is 25.0 Å². The second kappa shape index (κ2) is 7.39. The van der Waals surface area contributed by atoms with Crippen LogP contribution in [-0.4, -0.2) is 28.1 Å². The van der Waals surface area contributed by atoms with Crippen molar-refractivity contribution in [2.24, 2.45) is 0 Å². The highest BCUT2D eigenvalue weighted by Crippen LogP contribution is 2.23. The molecule has 0 aromatic carbocycles. The second-order valence-electron chi connectivity index (χ2n) is 3.85. The summed E-state index contributed by atoms with van der Waals surface area (Å²) in [7, 11) is 1.46. The molecule has 0 bridgehead atoms. The van der Waals surface area contributed by atoms with Gasteiger partial charge in [-0.3, -0.25) is 0 Å². The number of halogens is 1. The van der Waals surface area contributed by atoms with Crippen molar-refractivity contribution in [1.82, 2.24) is 0 Å². The van der Waals surface area contributed by atoms with E-state index in [1.807, 2.05) is 6.92 Å². The molecule has 2 unspecified atom stereocenters. The molecule has 2 N–H and O–H groups in total. The summed E-state index contributed by atoms with van der Waals surface area (Å²) in [5.41, 5.74) is 0.809. The number of rotatable bonds is 8. The molecule has 0 rings (SSSR count). The van der Waals surface area contributed by atoms with Crippen molar-refractivity contribution in [2.45, 2.75) is 49.8 Å². The molecule has 0 fully saturated rings. The fraction of sp³-hybridized carbons (Fsp3) is 0.818. The number of ether oxygens (including phenoxy) is 1. The highest BCUT2D eigenvalue weighted by Gasteiger charge is 2.20. The van der Waals surface area contributed by atoms with Crippen LogP contribution in [0.4, 0.5) is 0 Å². The van der Waals surface area contributed by atoms with E-state index in [0.717, 1.165) is 31.3 Å². The maximum Gasteiger partial charge on any atom is 0.223 e. The fourth-order valence-electron chi connectivity index (χ4n) is 1.21. The predicted molar refractivity (Wildman–Crippen MR) is 64.8 cm³/mol. The Kier molecular flexibility index (Phi) is 7.44. The molecule has 4 heteroatoms. The summed E-state index contributed by atoms with van der Waals surface area (Å²) in [6.07, 6.45) is 3.65. The van der Waals surface area contributed by atoms with Crippen LogP contribution in [0.5, 0.6) is 0 Å². The van der Waals surface area contributed by atoms with Crippen molar-refractivity contribution >= 4 is 15.9 Å². The van der Waals surface area contributed by atoms with Gasteiger partial charge in [0.05, 0.1) is 6.10 Å². The van der Waals surface area contributed by atoms with E-state index in [-0.39, 0.29) is 0 Å². The second-order valence-corrected chi connectivity index (χ2v) is 5.09. The van der Waals surface area contributed by atoms with Gasteiger partial charge in [0, 0.05) is 13.5 Å². The van der Waals surface area contributed by atoms with Crippen LogP contribution in [0.2, 0.25) is 0 Å². The van der Waals surface area contributed by atoms with Crippen molar-refractivity contribution in [3.05, 3.63) is 12.2 Å². The summed E-state index contributed by atoms with van der Waals surface area (Å²) in [5.74, 6) is 0. The lowest BCUT2D eigenvalue weighted by Crippen LogP contribution is -2.21. The van der Waals surface area contributed by atoms with Crippen LogP contribution in [-0.2, 0) is 4.74 Å². The van der Waals surface area contributed by atoms with E-state index in [1.54, 1.807) is 0 Å². The SMILES string of the molecule is C=C(C)C(O)CCCCCC(O)(Br)OC. The molecular weight excluding hydrogens is 260 g/mol. The third-order valence-corrected chi connectivity index (χ3v) is 3.06. The van der Waals surface area contributed by atoms with Gasteiger partial charge >= 0.3 is 0 Å². The molecule has 0 saturated heterocycles. The molecule has 0 aromatic rings. The molecule has 0 amide bonds. The molecule has 0 spiro atoms. The number of aliphatic hydroxyl groups excluding tert-OH is 1. The molecular formula is C11H21BrO3. The molecule has 0 aliphatic heterocycles. The van der Waals surface area contributed by atoms with Crippen LogP contribution < -0.4 is 0 Å². The maximum atomic E-state index is 9.45. The lowest BCUT2D eigenvalue weighted by molar-refractivity contribution is -0.106. The zero-order valence-corrected chi connectivity index (χ0v) is 11.1. The summed E-state index contributed by atoms with van der Waals surface area (Å²) in [6.45, 7) is 5.52. The lowest BCUT2D eigenvalue weighted by atomic mass is 10.0. The maximum absolute atomic E-state index is 9.45. The molecule has 15 heavy (non-hydrogen) atoms. The van der Waals surface area contributed by atoms with Gasteiger partial charge < -0.3 is 14.9 Å². The summed E-state index contributed by atoms with van der Waals surface area (Å²) in [5, 5.41) is 18.9. The molecule has 0 aliphatic carbocycles. The van der Waals surface area contributed by atoms with Crippen LogP contribution >= 0.6 is 15.9 Å². The number of methoxy groups -OCH3 is 1. The summed E-state index contributed by atoms with van der Waals surface area (Å²) in [6, 6.07) is 0. The van der Waals surface area contributed by atoms with Crippen molar-refractivity contribution < 1.29 is 14.9 Å². The zero-order valence-electron chi connectivity index (χ0n) is 9.50. The molecule has 3 nitrogen and oxygen atoms in total. The Morgan fingerprint density at radius 3 is 2.53 bits per heavy atom. The highest BCUT2D eigenvalue weighted by molar-refractivity contribution is 9.09. The van der Waals surface area contributed by atoms with Gasteiger partial charge in [-0.05, 0) is 35.7 Å².